The summed E-state index contributed by atoms with van der Waals surface area (Å²) < 4.78 is 11.1. The molecule has 4 N–H and O–H groups in total. The van der Waals surface area contributed by atoms with Crippen molar-refractivity contribution in [2.45, 2.75) is 18.3 Å². The van der Waals surface area contributed by atoms with Crippen LogP contribution in [0.1, 0.15) is 0 Å². The van der Waals surface area contributed by atoms with Crippen LogP contribution in [-0.4, -0.2) is 57.7 Å². The molecule has 0 radical (unpaired) electrons. The Labute approximate surface area is 73.1 Å². The van der Waals surface area contributed by atoms with E-state index in [1.165, 1.54) is 0 Å². The Balaban J connectivity index is 4.07. The molecular weight excluding hydrogens is 187 g/mol. The second kappa shape index (κ2) is 5.95. The third-order valence-electron chi connectivity index (χ3n) is 1.43. The zero-order valence-electron chi connectivity index (χ0n) is 6.63. The van der Waals surface area contributed by atoms with Crippen LogP contribution in [0.15, 0.2) is 0 Å². The van der Waals surface area contributed by atoms with Gasteiger partial charge in [-0.25, -0.2) is 0 Å². The van der Waals surface area contributed by atoms with E-state index in [4.69, 9.17) is 20.4 Å². The van der Waals surface area contributed by atoms with E-state index in [1.54, 1.807) is 0 Å². The topological polar surface area (TPSA) is 107 Å². The second-order valence-electron chi connectivity index (χ2n) is 2.41. The van der Waals surface area contributed by atoms with E-state index >= 15 is 0 Å². The lowest BCUT2D eigenvalue weighted by Gasteiger charge is -2.19. The van der Waals surface area contributed by atoms with Crippen LogP contribution < -0.4 is 0 Å². The van der Waals surface area contributed by atoms with Crippen molar-refractivity contribution in [3.05, 3.63) is 0 Å². The van der Waals surface area contributed by atoms with Gasteiger partial charge in [0, 0.05) is 0 Å². The molecule has 6 nitrogen and oxygen atoms in total. The molecule has 0 saturated carbocycles. The molecule has 0 bridgehead atoms. The molecule has 0 rings (SSSR count). The van der Waals surface area contributed by atoms with Gasteiger partial charge < -0.3 is 20.4 Å². The Hall–Kier alpha value is -0.600. The lowest BCUT2D eigenvalue weighted by Crippen LogP contribution is -2.44. The highest BCUT2D eigenvalue weighted by Gasteiger charge is 2.29. The Kier molecular flexibility index (Phi) is 5.67. The predicted molar refractivity (Wildman–Crippen MR) is 37.2 cm³/mol. The van der Waals surface area contributed by atoms with Crippen LogP contribution in [0.4, 0.5) is 4.53 Å². The van der Waals surface area contributed by atoms with Crippen LogP contribution in [0.5, 0.6) is 0 Å². The maximum absolute atomic E-state index is 11.1. The summed E-state index contributed by atoms with van der Waals surface area (Å²) in [4.78, 5) is 13.6. The SMILES string of the molecule is O=C(COF)[C@@H](O)[C@H](O)[C@H](O)CO. The average molecular weight is 198 g/mol. The highest BCUT2D eigenvalue weighted by atomic mass is 19.3. The standard InChI is InChI=1S/C6H11FO6/c7-13-2-4(10)6(12)5(11)3(9)1-8/h3,5-6,8-9,11-12H,1-2H2/t3-,5-,6-/m1/s1. The summed E-state index contributed by atoms with van der Waals surface area (Å²) >= 11 is 0. The van der Waals surface area contributed by atoms with Crippen LogP contribution in [0, 0.1) is 0 Å². The summed E-state index contributed by atoms with van der Waals surface area (Å²) in [5.41, 5.74) is 0. The van der Waals surface area contributed by atoms with E-state index < -0.39 is 37.3 Å². The van der Waals surface area contributed by atoms with Crippen molar-refractivity contribution < 1.29 is 34.7 Å². The lowest BCUT2D eigenvalue weighted by atomic mass is 10.1. The van der Waals surface area contributed by atoms with Crippen LogP contribution in [0.25, 0.3) is 0 Å². The Morgan fingerprint density at radius 2 is 1.92 bits per heavy atom. The highest BCUT2D eigenvalue weighted by molar-refractivity contribution is 5.84. The predicted octanol–water partition coefficient (Wildman–Crippen LogP) is -2.47. The molecule has 0 spiro atoms. The third kappa shape index (κ3) is 3.75. The number of carbonyl (C=O) groups is 1. The molecule has 0 aromatic carbocycles. The van der Waals surface area contributed by atoms with Crippen molar-refractivity contribution in [2.75, 3.05) is 13.2 Å². The fourth-order valence-corrected chi connectivity index (χ4v) is 0.648. The van der Waals surface area contributed by atoms with E-state index in [0.29, 0.717) is 0 Å². The van der Waals surface area contributed by atoms with Crippen molar-refractivity contribution in [3.8, 4) is 0 Å². The molecule has 7 heteroatoms. The number of hydrogen-bond donors (Lipinski definition) is 4. The molecule has 78 valence electrons. The number of hydrogen-bond acceptors (Lipinski definition) is 6. The van der Waals surface area contributed by atoms with E-state index in [-0.39, 0.29) is 0 Å². The van der Waals surface area contributed by atoms with Crippen molar-refractivity contribution in [1.82, 2.24) is 0 Å². The van der Waals surface area contributed by atoms with E-state index in [2.05, 4.69) is 4.94 Å². The van der Waals surface area contributed by atoms with Gasteiger partial charge in [0.2, 0.25) is 0 Å². The molecule has 0 aliphatic heterocycles. The number of halogens is 1. The molecule has 0 aliphatic rings. The van der Waals surface area contributed by atoms with Gasteiger partial charge in [-0.2, -0.15) is 4.94 Å². The monoisotopic (exact) mass is 198 g/mol. The molecule has 0 aliphatic carbocycles. The fraction of sp³-hybridized carbons (Fsp3) is 0.833. The first kappa shape index (κ1) is 12.4. The minimum atomic E-state index is -1.97. The van der Waals surface area contributed by atoms with E-state index in [1.807, 2.05) is 0 Å². The van der Waals surface area contributed by atoms with Crippen LogP contribution in [-0.2, 0) is 9.74 Å². The maximum Gasteiger partial charge on any atom is 0.193 e. The van der Waals surface area contributed by atoms with Gasteiger partial charge in [0.15, 0.2) is 5.78 Å². The summed E-state index contributed by atoms with van der Waals surface area (Å²) in [6, 6.07) is 0. The summed E-state index contributed by atoms with van der Waals surface area (Å²) in [5.74, 6) is -1.12. The minimum absolute atomic E-state index is 0.817. The van der Waals surface area contributed by atoms with Gasteiger partial charge >= 0.3 is 0 Å². The third-order valence-corrected chi connectivity index (χ3v) is 1.43. The van der Waals surface area contributed by atoms with Gasteiger partial charge in [0.25, 0.3) is 0 Å². The molecule has 13 heavy (non-hydrogen) atoms. The summed E-state index contributed by atoms with van der Waals surface area (Å²) in [7, 11) is 0. The quantitative estimate of drug-likeness (QED) is 0.377. The number of Topliss-reactive ketones (excluding diaryl/α,β-unsaturated/α-hetero) is 1. The molecular formula is C6H11FO6. The van der Waals surface area contributed by atoms with E-state index in [0.717, 1.165) is 0 Å². The maximum atomic E-state index is 11.1. The van der Waals surface area contributed by atoms with Crippen molar-refractivity contribution in [3.63, 3.8) is 0 Å². The normalized spacial score (nSPS) is 17.9. The van der Waals surface area contributed by atoms with Gasteiger partial charge in [0.1, 0.15) is 24.9 Å². The van der Waals surface area contributed by atoms with Crippen molar-refractivity contribution in [1.29, 1.82) is 0 Å². The molecule has 0 saturated heterocycles. The Morgan fingerprint density at radius 3 is 2.31 bits per heavy atom. The first-order chi connectivity index (χ1) is 6.04. The van der Waals surface area contributed by atoms with Crippen molar-refractivity contribution >= 4 is 5.78 Å². The Morgan fingerprint density at radius 1 is 1.38 bits per heavy atom. The van der Waals surface area contributed by atoms with Crippen LogP contribution in [0.2, 0.25) is 0 Å². The Bertz CT molecular complexity index is 163. The van der Waals surface area contributed by atoms with Gasteiger partial charge in [0.05, 0.1) is 6.61 Å². The summed E-state index contributed by atoms with van der Waals surface area (Å²) in [6.07, 6.45) is -5.48. The number of aliphatic hydroxyl groups excluding tert-OH is 4. The molecule has 0 heterocycles. The number of carbonyl (C=O) groups excluding carboxylic acids is 1. The fourth-order valence-electron chi connectivity index (χ4n) is 0.648. The number of aliphatic hydroxyl groups is 4. The largest absolute Gasteiger partial charge is 0.394 e. The second-order valence-corrected chi connectivity index (χ2v) is 2.41. The minimum Gasteiger partial charge on any atom is -0.394 e. The van der Waals surface area contributed by atoms with E-state index in [9.17, 15) is 9.32 Å². The number of ketones is 1. The molecule has 0 aromatic heterocycles. The van der Waals surface area contributed by atoms with Gasteiger partial charge in [-0.3, -0.25) is 4.79 Å². The molecule has 0 unspecified atom stereocenters. The highest BCUT2D eigenvalue weighted by Crippen LogP contribution is 2.01. The molecule has 0 fully saturated rings. The first-order valence-corrected chi connectivity index (χ1v) is 3.46. The zero-order chi connectivity index (χ0) is 10.4. The number of rotatable bonds is 6. The smallest absolute Gasteiger partial charge is 0.193 e. The van der Waals surface area contributed by atoms with Crippen molar-refractivity contribution in [2.24, 2.45) is 0 Å². The van der Waals surface area contributed by atoms with Gasteiger partial charge in [-0.1, -0.05) is 0 Å². The molecule has 0 amide bonds. The average Bonchev–Trinajstić information content (AvgIpc) is 2.14. The van der Waals surface area contributed by atoms with Gasteiger partial charge in [-0.15, -0.1) is 0 Å². The van der Waals surface area contributed by atoms with Crippen LogP contribution in [0.3, 0.4) is 0 Å². The zero-order valence-corrected chi connectivity index (χ0v) is 6.63. The van der Waals surface area contributed by atoms with Crippen LogP contribution >= 0.6 is 0 Å². The van der Waals surface area contributed by atoms with Gasteiger partial charge in [-0.05, 0) is 4.53 Å². The first-order valence-electron chi connectivity index (χ1n) is 3.46. The lowest BCUT2D eigenvalue weighted by molar-refractivity contribution is -0.169. The molecule has 0 aromatic rings. The molecule has 3 atom stereocenters. The summed E-state index contributed by atoms with van der Waals surface area (Å²) in [5, 5.41) is 34.9. The summed E-state index contributed by atoms with van der Waals surface area (Å²) in [6.45, 7) is -1.83.